The van der Waals surface area contributed by atoms with E-state index >= 15 is 0 Å². The molecule has 0 rings (SSSR count). The second-order valence-corrected chi connectivity index (χ2v) is 1.79. The summed E-state index contributed by atoms with van der Waals surface area (Å²) >= 11 is 0. The Kier molecular flexibility index (Phi) is 3.42. The largest absolute Gasteiger partial charge is 0.523 e. The molecule has 0 aromatic carbocycles. The monoisotopic (exact) mass is 154 g/mol. The average molecular weight is 154 g/mol. The molecule has 1 nitrogen and oxygen atoms in total. The van der Waals surface area contributed by atoms with Crippen molar-refractivity contribution in [3.63, 3.8) is 0 Å². The molecule has 10 heavy (non-hydrogen) atoms. The van der Waals surface area contributed by atoms with E-state index in [1.807, 2.05) is 0 Å². The maximum atomic E-state index is 11.4. The van der Waals surface area contributed by atoms with Crippen LogP contribution in [0, 0.1) is 0 Å². The molecule has 4 heteroatoms. The van der Waals surface area contributed by atoms with Gasteiger partial charge < -0.3 is 0 Å². The summed E-state index contributed by atoms with van der Waals surface area (Å²) < 4.78 is 37.7. The minimum absolute atomic E-state index is 0.898. The summed E-state index contributed by atoms with van der Waals surface area (Å²) in [6.45, 7) is 2.96. The number of hydrogen-bond acceptors (Lipinski definition) is 1. The molecule has 0 fully saturated rings. The number of halogens is 3. The van der Waals surface area contributed by atoms with E-state index in [2.05, 4.69) is 4.74 Å². The third-order valence-electron chi connectivity index (χ3n) is 0.783. The van der Waals surface area contributed by atoms with Gasteiger partial charge in [0.25, 0.3) is 0 Å². The predicted octanol–water partition coefficient (Wildman–Crippen LogP) is 2.49. The minimum atomic E-state index is -4.53. The van der Waals surface area contributed by atoms with Gasteiger partial charge in [0.1, 0.15) is 0 Å². The van der Waals surface area contributed by atoms with E-state index in [0.717, 1.165) is 0 Å². The number of allylic oxidation sites excluding steroid dienone is 1. The Labute approximate surface area is 57.5 Å². The fourth-order valence-corrected chi connectivity index (χ4v) is 0.521. The maximum Gasteiger partial charge on any atom is 0.523 e. The van der Waals surface area contributed by atoms with Crippen molar-refractivity contribution in [2.45, 2.75) is 26.3 Å². The first kappa shape index (κ1) is 9.49. The number of hydrogen-bond donors (Lipinski definition) is 0. The normalized spacial score (nSPS) is 16.1. The Morgan fingerprint density at radius 3 is 2.20 bits per heavy atom. The van der Waals surface area contributed by atoms with Crippen LogP contribution in [0.1, 0.15) is 13.8 Å². The van der Waals surface area contributed by atoms with Crippen LogP contribution in [-0.2, 0) is 4.74 Å². The summed E-state index contributed by atoms with van der Waals surface area (Å²) in [5, 5.41) is 0. The summed E-state index contributed by atoms with van der Waals surface area (Å²) in [5.41, 5.74) is 0. The lowest BCUT2D eigenvalue weighted by molar-refractivity contribution is -0.334. The van der Waals surface area contributed by atoms with E-state index in [0.29, 0.717) is 0 Å². The topological polar surface area (TPSA) is 9.23 Å². The van der Waals surface area contributed by atoms with E-state index in [4.69, 9.17) is 0 Å². The Bertz CT molecular complexity index is 117. The first-order chi connectivity index (χ1) is 4.45. The van der Waals surface area contributed by atoms with E-state index in [1.54, 1.807) is 6.92 Å². The molecule has 1 unspecified atom stereocenters. The first-order valence-electron chi connectivity index (χ1n) is 2.83. The molecule has 0 radical (unpaired) electrons. The van der Waals surface area contributed by atoms with Gasteiger partial charge in [0.15, 0.2) is 0 Å². The van der Waals surface area contributed by atoms with Gasteiger partial charge >= 0.3 is 6.36 Å². The standard InChI is InChI=1S/C6H9F3O/c1-3-4-5(2)10-6(7,8)9/h3-5H,1-2H3/b4-3-. The van der Waals surface area contributed by atoms with Crippen LogP contribution in [0.3, 0.4) is 0 Å². The lowest BCUT2D eigenvalue weighted by Crippen LogP contribution is -2.19. The summed E-state index contributed by atoms with van der Waals surface area (Å²) in [6.07, 6.45) is -2.59. The molecule has 0 saturated heterocycles. The van der Waals surface area contributed by atoms with Crippen molar-refractivity contribution in [3.05, 3.63) is 12.2 Å². The van der Waals surface area contributed by atoms with Gasteiger partial charge in [-0.2, -0.15) is 0 Å². The minimum Gasteiger partial charge on any atom is -0.285 e. The van der Waals surface area contributed by atoms with Gasteiger partial charge in [0.05, 0.1) is 6.10 Å². The molecule has 0 aromatic rings. The Morgan fingerprint density at radius 1 is 1.40 bits per heavy atom. The highest BCUT2D eigenvalue weighted by Crippen LogP contribution is 2.18. The van der Waals surface area contributed by atoms with Gasteiger partial charge in [-0.1, -0.05) is 12.2 Å². The van der Waals surface area contributed by atoms with Crippen LogP contribution in [0.4, 0.5) is 13.2 Å². The van der Waals surface area contributed by atoms with Crippen LogP contribution in [0.5, 0.6) is 0 Å². The third kappa shape index (κ3) is 5.62. The second-order valence-electron chi connectivity index (χ2n) is 1.79. The van der Waals surface area contributed by atoms with Gasteiger partial charge in [-0.05, 0) is 13.8 Å². The van der Waals surface area contributed by atoms with Crippen molar-refractivity contribution < 1.29 is 17.9 Å². The molecular formula is C6H9F3O. The van der Waals surface area contributed by atoms with Gasteiger partial charge in [0, 0.05) is 0 Å². The molecule has 0 amide bonds. The zero-order valence-electron chi connectivity index (χ0n) is 5.77. The van der Waals surface area contributed by atoms with Crippen molar-refractivity contribution in [2.75, 3.05) is 0 Å². The lowest BCUT2D eigenvalue weighted by Gasteiger charge is -2.10. The van der Waals surface area contributed by atoms with Crippen LogP contribution in [0.15, 0.2) is 12.2 Å². The van der Waals surface area contributed by atoms with E-state index in [1.165, 1.54) is 19.1 Å². The molecule has 0 aliphatic heterocycles. The van der Waals surface area contributed by atoms with Crippen LogP contribution >= 0.6 is 0 Å². The molecule has 0 aliphatic rings. The Hall–Kier alpha value is -0.510. The Morgan fingerprint density at radius 2 is 1.90 bits per heavy atom. The van der Waals surface area contributed by atoms with Gasteiger partial charge in [0.2, 0.25) is 0 Å². The fourth-order valence-electron chi connectivity index (χ4n) is 0.521. The summed E-state index contributed by atoms with van der Waals surface area (Å²) in [5.74, 6) is 0. The van der Waals surface area contributed by atoms with E-state index in [9.17, 15) is 13.2 Å². The second kappa shape index (κ2) is 3.61. The lowest BCUT2D eigenvalue weighted by atomic mass is 10.4. The summed E-state index contributed by atoms with van der Waals surface area (Å²) in [7, 11) is 0. The molecule has 0 heterocycles. The molecule has 60 valence electrons. The van der Waals surface area contributed by atoms with Crippen molar-refractivity contribution in [1.29, 1.82) is 0 Å². The maximum absolute atomic E-state index is 11.4. The van der Waals surface area contributed by atoms with Crippen LogP contribution < -0.4 is 0 Å². The fraction of sp³-hybridized carbons (Fsp3) is 0.667. The molecule has 0 bridgehead atoms. The highest BCUT2D eigenvalue weighted by atomic mass is 19.4. The zero-order valence-corrected chi connectivity index (χ0v) is 5.77. The highest BCUT2D eigenvalue weighted by Gasteiger charge is 2.30. The molecular weight excluding hydrogens is 145 g/mol. The average Bonchev–Trinajstić information content (AvgIpc) is 1.59. The Balaban J connectivity index is 3.68. The predicted molar refractivity (Wildman–Crippen MR) is 31.4 cm³/mol. The van der Waals surface area contributed by atoms with Gasteiger partial charge in [-0.25, -0.2) is 0 Å². The molecule has 0 aliphatic carbocycles. The quantitative estimate of drug-likeness (QED) is 0.555. The van der Waals surface area contributed by atoms with Crippen LogP contribution in [-0.4, -0.2) is 12.5 Å². The number of rotatable bonds is 2. The summed E-state index contributed by atoms with van der Waals surface area (Å²) in [6, 6.07) is 0. The zero-order chi connectivity index (χ0) is 8.20. The SMILES string of the molecule is C/C=C\C(C)OC(F)(F)F. The summed E-state index contributed by atoms with van der Waals surface area (Å²) in [4.78, 5) is 0. The number of alkyl halides is 3. The van der Waals surface area contributed by atoms with E-state index < -0.39 is 12.5 Å². The molecule has 0 saturated carbocycles. The molecule has 0 spiro atoms. The first-order valence-corrected chi connectivity index (χ1v) is 2.83. The number of ether oxygens (including phenoxy) is 1. The third-order valence-corrected chi connectivity index (χ3v) is 0.783. The van der Waals surface area contributed by atoms with Gasteiger partial charge in [-0.15, -0.1) is 13.2 Å². The van der Waals surface area contributed by atoms with Crippen molar-refractivity contribution in [3.8, 4) is 0 Å². The van der Waals surface area contributed by atoms with Gasteiger partial charge in [-0.3, -0.25) is 4.74 Å². The molecule has 0 N–H and O–H groups in total. The molecule has 1 atom stereocenters. The van der Waals surface area contributed by atoms with Crippen molar-refractivity contribution >= 4 is 0 Å². The van der Waals surface area contributed by atoms with E-state index in [-0.39, 0.29) is 0 Å². The molecule has 0 aromatic heterocycles. The van der Waals surface area contributed by atoms with Crippen molar-refractivity contribution in [2.24, 2.45) is 0 Å². The van der Waals surface area contributed by atoms with Crippen LogP contribution in [0.25, 0.3) is 0 Å². The van der Waals surface area contributed by atoms with Crippen LogP contribution in [0.2, 0.25) is 0 Å². The van der Waals surface area contributed by atoms with Crippen molar-refractivity contribution in [1.82, 2.24) is 0 Å². The smallest absolute Gasteiger partial charge is 0.285 e. The highest BCUT2D eigenvalue weighted by molar-refractivity contribution is 4.83.